The van der Waals surface area contributed by atoms with Gasteiger partial charge in [-0.05, 0) is 61.2 Å². The normalized spacial score (nSPS) is 12.9. The molecule has 1 saturated carbocycles. The van der Waals surface area contributed by atoms with Gasteiger partial charge in [0.05, 0.1) is 12.2 Å². The highest BCUT2D eigenvalue weighted by atomic mass is 32.1. The van der Waals surface area contributed by atoms with E-state index in [1.165, 1.54) is 11.3 Å². The smallest absolute Gasteiger partial charge is 0.344 e. The van der Waals surface area contributed by atoms with E-state index in [0.29, 0.717) is 22.2 Å². The van der Waals surface area contributed by atoms with Gasteiger partial charge in [-0.3, -0.25) is 4.79 Å². The molecule has 1 fully saturated rings. The van der Waals surface area contributed by atoms with E-state index < -0.39 is 24.5 Å². The number of thiophene rings is 1. The Hall–Kier alpha value is -2.87. The van der Waals surface area contributed by atoms with Crippen molar-refractivity contribution in [3.05, 3.63) is 46.3 Å². The molecule has 8 heteroatoms. The van der Waals surface area contributed by atoms with Gasteiger partial charge in [-0.1, -0.05) is 12.1 Å². The molecule has 0 saturated heterocycles. The van der Waals surface area contributed by atoms with Crippen molar-refractivity contribution < 1.29 is 28.6 Å². The van der Waals surface area contributed by atoms with Gasteiger partial charge < -0.3 is 19.5 Å². The highest BCUT2D eigenvalue weighted by molar-refractivity contribution is 7.15. The average molecular weight is 417 g/mol. The van der Waals surface area contributed by atoms with Crippen LogP contribution in [0.5, 0.6) is 5.75 Å². The molecule has 7 nitrogen and oxygen atoms in total. The third-order valence-corrected chi connectivity index (χ3v) is 5.19. The van der Waals surface area contributed by atoms with Gasteiger partial charge >= 0.3 is 11.9 Å². The predicted molar refractivity (Wildman–Crippen MR) is 109 cm³/mol. The molecule has 0 atom stereocenters. The number of anilines is 1. The summed E-state index contributed by atoms with van der Waals surface area (Å²) in [7, 11) is 0. The van der Waals surface area contributed by atoms with Crippen molar-refractivity contribution in [3.8, 4) is 5.75 Å². The number of benzene rings is 1. The van der Waals surface area contributed by atoms with E-state index in [-0.39, 0.29) is 13.2 Å². The van der Waals surface area contributed by atoms with Crippen molar-refractivity contribution in [1.29, 1.82) is 0 Å². The van der Waals surface area contributed by atoms with Gasteiger partial charge in [0.15, 0.2) is 13.2 Å². The second-order valence-electron chi connectivity index (χ2n) is 6.70. The Morgan fingerprint density at radius 3 is 2.66 bits per heavy atom. The van der Waals surface area contributed by atoms with Gasteiger partial charge in [-0.2, -0.15) is 0 Å². The first-order valence-corrected chi connectivity index (χ1v) is 10.3. The fourth-order valence-corrected chi connectivity index (χ4v) is 3.82. The van der Waals surface area contributed by atoms with Crippen molar-refractivity contribution in [2.45, 2.75) is 32.6 Å². The van der Waals surface area contributed by atoms with Gasteiger partial charge in [0, 0.05) is 0 Å². The predicted octanol–water partition coefficient (Wildman–Crippen LogP) is 3.67. The molecule has 0 spiro atoms. The van der Waals surface area contributed by atoms with Crippen molar-refractivity contribution in [2.24, 2.45) is 0 Å². The third kappa shape index (κ3) is 5.80. The summed E-state index contributed by atoms with van der Waals surface area (Å²) in [5.41, 5.74) is 2.32. The maximum Gasteiger partial charge on any atom is 0.344 e. The Labute approximate surface area is 173 Å². The number of carbonyl (C=O) groups is 3. The maximum atomic E-state index is 12.3. The summed E-state index contributed by atoms with van der Waals surface area (Å²) in [5, 5.41) is 4.95. The third-order valence-electron chi connectivity index (χ3n) is 4.28. The van der Waals surface area contributed by atoms with Crippen LogP contribution in [0, 0.1) is 6.92 Å². The number of aryl methyl sites for hydroxylation is 1. The topological polar surface area (TPSA) is 90.9 Å². The van der Waals surface area contributed by atoms with Crippen LogP contribution in [0.1, 0.15) is 47.2 Å². The van der Waals surface area contributed by atoms with E-state index in [1.807, 2.05) is 24.4 Å². The molecule has 1 heterocycles. The lowest BCUT2D eigenvalue weighted by molar-refractivity contribution is -0.149. The molecule has 1 aromatic heterocycles. The Balaban J connectivity index is 1.51. The highest BCUT2D eigenvalue weighted by Crippen LogP contribution is 2.46. The SMILES string of the molecule is CCOC(=O)c1c(C2CC2)csc1NC(=O)COC(=O)COc1cccc(C)c1. The van der Waals surface area contributed by atoms with E-state index in [0.717, 1.165) is 24.0 Å². The molecule has 1 amide bonds. The van der Waals surface area contributed by atoms with E-state index in [9.17, 15) is 14.4 Å². The Kier molecular flexibility index (Phi) is 6.87. The van der Waals surface area contributed by atoms with E-state index in [1.54, 1.807) is 19.1 Å². The Morgan fingerprint density at radius 1 is 1.17 bits per heavy atom. The van der Waals surface area contributed by atoms with Crippen LogP contribution in [-0.4, -0.2) is 37.7 Å². The van der Waals surface area contributed by atoms with Gasteiger partial charge in [0.2, 0.25) is 0 Å². The van der Waals surface area contributed by atoms with Crippen LogP contribution in [0.4, 0.5) is 5.00 Å². The molecule has 1 aromatic carbocycles. The lowest BCUT2D eigenvalue weighted by Gasteiger charge is -2.09. The van der Waals surface area contributed by atoms with Crippen molar-refractivity contribution in [3.63, 3.8) is 0 Å². The van der Waals surface area contributed by atoms with E-state index >= 15 is 0 Å². The minimum atomic E-state index is -0.655. The van der Waals surface area contributed by atoms with Crippen LogP contribution in [-0.2, 0) is 19.1 Å². The fraction of sp³-hybridized carbons (Fsp3) is 0.381. The fourth-order valence-electron chi connectivity index (χ4n) is 2.77. The number of esters is 2. The minimum absolute atomic E-state index is 0.255. The maximum absolute atomic E-state index is 12.3. The van der Waals surface area contributed by atoms with Crippen LogP contribution in [0.2, 0.25) is 0 Å². The van der Waals surface area contributed by atoms with Crippen LogP contribution in [0.15, 0.2) is 29.6 Å². The van der Waals surface area contributed by atoms with Crippen molar-refractivity contribution in [2.75, 3.05) is 25.1 Å². The number of hydrogen-bond acceptors (Lipinski definition) is 7. The first-order valence-electron chi connectivity index (χ1n) is 9.41. The molecular weight excluding hydrogens is 394 g/mol. The van der Waals surface area contributed by atoms with Gasteiger partial charge in [-0.15, -0.1) is 11.3 Å². The van der Waals surface area contributed by atoms with Crippen molar-refractivity contribution >= 4 is 34.2 Å². The number of amides is 1. The first-order chi connectivity index (χ1) is 14.0. The standard InChI is InChI=1S/C21H23NO6S/c1-3-26-21(25)19-16(14-7-8-14)12-29-20(19)22-17(23)10-28-18(24)11-27-15-6-4-5-13(2)9-15/h4-6,9,12,14H,3,7-8,10-11H2,1-2H3,(H,22,23). The van der Waals surface area contributed by atoms with Crippen LogP contribution in [0.25, 0.3) is 0 Å². The minimum Gasteiger partial charge on any atom is -0.482 e. The Morgan fingerprint density at radius 2 is 1.97 bits per heavy atom. The van der Waals surface area contributed by atoms with Gasteiger partial charge in [0.25, 0.3) is 5.91 Å². The Bertz CT molecular complexity index is 902. The molecule has 1 aliphatic rings. The summed E-state index contributed by atoms with van der Waals surface area (Å²) in [6.07, 6.45) is 2.05. The number of hydrogen-bond donors (Lipinski definition) is 1. The number of carbonyl (C=O) groups excluding carboxylic acids is 3. The van der Waals surface area contributed by atoms with Crippen LogP contribution < -0.4 is 10.1 Å². The summed E-state index contributed by atoms with van der Waals surface area (Å²) in [6.45, 7) is 3.15. The quantitative estimate of drug-likeness (QED) is 0.626. The molecule has 1 N–H and O–H groups in total. The number of rotatable bonds is 9. The number of ether oxygens (including phenoxy) is 3. The van der Waals surface area contributed by atoms with Crippen molar-refractivity contribution in [1.82, 2.24) is 0 Å². The highest BCUT2D eigenvalue weighted by Gasteiger charge is 2.32. The lowest BCUT2D eigenvalue weighted by Crippen LogP contribution is -2.24. The molecule has 0 aliphatic heterocycles. The summed E-state index contributed by atoms with van der Waals surface area (Å²) in [4.78, 5) is 36.3. The van der Waals surface area contributed by atoms with Crippen LogP contribution in [0.3, 0.4) is 0 Å². The van der Waals surface area contributed by atoms with Crippen LogP contribution >= 0.6 is 11.3 Å². The molecule has 0 radical (unpaired) electrons. The first kappa shape index (κ1) is 20.9. The summed E-state index contributed by atoms with van der Waals surface area (Å²) in [5.74, 6) is -0.736. The largest absolute Gasteiger partial charge is 0.482 e. The molecule has 29 heavy (non-hydrogen) atoms. The lowest BCUT2D eigenvalue weighted by atomic mass is 10.1. The van der Waals surface area contributed by atoms with E-state index in [2.05, 4.69) is 5.32 Å². The molecule has 0 unspecified atom stereocenters. The molecule has 154 valence electrons. The zero-order valence-corrected chi connectivity index (χ0v) is 17.2. The summed E-state index contributed by atoms with van der Waals surface area (Å²) < 4.78 is 15.4. The van der Waals surface area contributed by atoms with E-state index in [4.69, 9.17) is 14.2 Å². The monoisotopic (exact) mass is 417 g/mol. The molecule has 2 aromatic rings. The molecule has 3 rings (SSSR count). The zero-order valence-electron chi connectivity index (χ0n) is 16.4. The molecule has 0 bridgehead atoms. The molecule has 1 aliphatic carbocycles. The summed E-state index contributed by atoms with van der Waals surface area (Å²) in [6, 6.07) is 7.27. The second kappa shape index (κ2) is 9.56. The van der Waals surface area contributed by atoms with Gasteiger partial charge in [-0.25, -0.2) is 9.59 Å². The number of nitrogens with one attached hydrogen (secondary N) is 1. The molecular formula is C21H23NO6S. The van der Waals surface area contributed by atoms with Gasteiger partial charge in [0.1, 0.15) is 10.8 Å². The average Bonchev–Trinajstić information content (AvgIpc) is 3.45. The zero-order chi connectivity index (χ0) is 20.8. The summed E-state index contributed by atoms with van der Waals surface area (Å²) >= 11 is 1.27. The second-order valence-corrected chi connectivity index (χ2v) is 7.58.